The number of rotatable bonds is 6. The van der Waals surface area contributed by atoms with Crippen molar-refractivity contribution in [3.8, 4) is 5.75 Å². The first-order valence-electron chi connectivity index (χ1n) is 9.87. The van der Waals surface area contributed by atoms with E-state index in [4.69, 9.17) is 10.5 Å². The number of methoxy groups -OCH3 is 1. The summed E-state index contributed by atoms with van der Waals surface area (Å²) < 4.78 is 27.4. The Kier molecular flexibility index (Phi) is 5.44. The van der Waals surface area contributed by atoms with Crippen LogP contribution < -0.4 is 10.5 Å². The second-order valence-electron chi connectivity index (χ2n) is 7.41. The van der Waals surface area contributed by atoms with Gasteiger partial charge >= 0.3 is 5.97 Å². The number of hydrogen-bond donors (Lipinski definition) is 1. The van der Waals surface area contributed by atoms with E-state index >= 15 is 4.39 Å². The molecule has 1 aliphatic carbocycles. The molecule has 2 N–H and O–H groups in total. The van der Waals surface area contributed by atoms with Crippen molar-refractivity contribution in [3.63, 3.8) is 0 Å². The van der Waals surface area contributed by atoms with Gasteiger partial charge in [0, 0.05) is 17.6 Å². The highest BCUT2D eigenvalue weighted by molar-refractivity contribution is 5.97. The molecule has 1 heterocycles. The minimum Gasteiger partial charge on any atom is -0.481 e. The molecule has 0 saturated heterocycles. The maximum Gasteiger partial charge on any atom is 0.343 e. The van der Waals surface area contributed by atoms with E-state index in [1.807, 2.05) is 34.9 Å². The third-order valence-corrected chi connectivity index (χ3v) is 5.62. The van der Waals surface area contributed by atoms with Gasteiger partial charge in [-0.25, -0.2) is 9.18 Å². The predicted molar refractivity (Wildman–Crippen MR) is 110 cm³/mol. The SMILES string of the molecule is COC(=O)COc1ccc(F)c2c1c1c(n2Cc2ccccc2)CCCC1C(N)=O. The second kappa shape index (κ2) is 8.18. The van der Waals surface area contributed by atoms with E-state index < -0.39 is 23.6 Å². The Balaban J connectivity index is 1.95. The van der Waals surface area contributed by atoms with Gasteiger partial charge in [-0.05, 0) is 42.5 Å². The maximum absolute atomic E-state index is 15.1. The van der Waals surface area contributed by atoms with Crippen LogP contribution in [-0.4, -0.2) is 30.2 Å². The molecule has 0 spiro atoms. The fraction of sp³-hybridized carbons (Fsp3) is 0.304. The average Bonchev–Trinajstić information content (AvgIpc) is 3.09. The lowest BCUT2D eigenvalue weighted by Crippen LogP contribution is -2.25. The Labute approximate surface area is 173 Å². The lowest BCUT2D eigenvalue weighted by Gasteiger charge is -2.22. The molecule has 0 saturated carbocycles. The number of esters is 1. The molecule has 4 rings (SSSR count). The van der Waals surface area contributed by atoms with Crippen LogP contribution in [0.2, 0.25) is 0 Å². The molecule has 1 amide bonds. The number of halogens is 1. The van der Waals surface area contributed by atoms with Crippen LogP contribution in [0.3, 0.4) is 0 Å². The molecule has 1 aliphatic rings. The first-order valence-corrected chi connectivity index (χ1v) is 9.87. The first-order chi connectivity index (χ1) is 14.5. The number of fused-ring (bicyclic) bond motifs is 3. The molecule has 0 radical (unpaired) electrons. The van der Waals surface area contributed by atoms with Crippen molar-refractivity contribution in [3.05, 3.63) is 65.1 Å². The topological polar surface area (TPSA) is 83.6 Å². The Bertz CT molecular complexity index is 1110. The van der Waals surface area contributed by atoms with Crippen molar-refractivity contribution in [1.82, 2.24) is 4.57 Å². The predicted octanol–water partition coefficient (Wildman–Crippen LogP) is 3.29. The van der Waals surface area contributed by atoms with E-state index in [1.54, 1.807) is 0 Å². The average molecular weight is 410 g/mol. The molecule has 1 unspecified atom stereocenters. The third-order valence-electron chi connectivity index (χ3n) is 5.62. The fourth-order valence-corrected chi connectivity index (χ4v) is 4.30. The molecule has 1 atom stereocenters. The molecule has 0 bridgehead atoms. The Morgan fingerprint density at radius 1 is 1.20 bits per heavy atom. The summed E-state index contributed by atoms with van der Waals surface area (Å²) in [4.78, 5) is 23.8. The van der Waals surface area contributed by atoms with E-state index in [9.17, 15) is 9.59 Å². The van der Waals surface area contributed by atoms with Gasteiger partial charge in [0.1, 0.15) is 11.6 Å². The van der Waals surface area contributed by atoms with Crippen molar-refractivity contribution in [2.24, 2.45) is 5.73 Å². The second-order valence-corrected chi connectivity index (χ2v) is 7.41. The van der Waals surface area contributed by atoms with Crippen LogP contribution in [0.5, 0.6) is 5.75 Å². The van der Waals surface area contributed by atoms with Gasteiger partial charge in [0.15, 0.2) is 6.61 Å². The first kappa shape index (κ1) is 19.9. The van der Waals surface area contributed by atoms with E-state index in [1.165, 1.54) is 19.2 Å². The molecule has 0 fully saturated rings. The number of primary amides is 1. The third kappa shape index (κ3) is 3.51. The van der Waals surface area contributed by atoms with Gasteiger partial charge in [-0.1, -0.05) is 30.3 Å². The fourth-order valence-electron chi connectivity index (χ4n) is 4.30. The number of amides is 1. The van der Waals surface area contributed by atoms with Crippen LogP contribution in [0.4, 0.5) is 4.39 Å². The lowest BCUT2D eigenvalue weighted by molar-refractivity contribution is -0.142. The van der Waals surface area contributed by atoms with Crippen molar-refractivity contribution in [2.75, 3.05) is 13.7 Å². The normalized spacial score (nSPS) is 15.6. The highest BCUT2D eigenvalue weighted by atomic mass is 19.1. The zero-order valence-electron chi connectivity index (χ0n) is 16.7. The van der Waals surface area contributed by atoms with Gasteiger partial charge < -0.3 is 19.8 Å². The molecule has 1 aromatic heterocycles. The van der Waals surface area contributed by atoms with Crippen LogP contribution in [0, 0.1) is 5.82 Å². The van der Waals surface area contributed by atoms with Crippen LogP contribution >= 0.6 is 0 Å². The molecular weight excluding hydrogens is 387 g/mol. The number of hydrogen-bond acceptors (Lipinski definition) is 4. The number of aromatic nitrogens is 1. The molecule has 2 aromatic carbocycles. The van der Waals surface area contributed by atoms with Crippen molar-refractivity contribution in [2.45, 2.75) is 31.7 Å². The number of nitrogens with two attached hydrogens (primary N) is 1. The number of benzene rings is 2. The van der Waals surface area contributed by atoms with Crippen LogP contribution in [0.15, 0.2) is 42.5 Å². The molecule has 156 valence electrons. The summed E-state index contributed by atoms with van der Waals surface area (Å²) in [5, 5.41) is 0.508. The number of carbonyl (C=O) groups is 2. The zero-order valence-corrected chi connectivity index (χ0v) is 16.7. The largest absolute Gasteiger partial charge is 0.481 e. The monoisotopic (exact) mass is 410 g/mol. The van der Waals surface area contributed by atoms with Crippen molar-refractivity contribution >= 4 is 22.8 Å². The van der Waals surface area contributed by atoms with Crippen LogP contribution in [0.25, 0.3) is 10.9 Å². The van der Waals surface area contributed by atoms with Crippen molar-refractivity contribution in [1.29, 1.82) is 0 Å². The van der Waals surface area contributed by atoms with E-state index in [0.717, 1.165) is 17.7 Å². The number of ether oxygens (including phenoxy) is 2. The summed E-state index contributed by atoms with van der Waals surface area (Å²) in [5.74, 6) is -1.60. The maximum atomic E-state index is 15.1. The summed E-state index contributed by atoms with van der Waals surface area (Å²) in [6.07, 6.45) is 2.09. The standard InChI is InChI=1S/C23H23FN2O4/c1-29-19(27)13-30-18-11-10-16(24)22-21(18)20-15(23(25)28)8-5-9-17(20)26(22)12-14-6-3-2-4-7-14/h2-4,6-7,10-11,15H,5,8-9,12-13H2,1H3,(H2,25,28). The minimum atomic E-state index is -0.545. The Morgan fingerprint density at radius 3 is 2.67 bits per heavy atom. The van der Waals surface area contributed by atoms with Gasteiger partial charge in [-0.2, -0.15) is 0 Å². The van der Waals surface area contributed by atoms with E-state index in [2.05, 4.69) is 4.74 Å². The molecule has 30 heavy (non-hydrogen) atoms. The smallest absolute Gasteiger partial charge is 0.343 e. The summed E-state index contributed by atoms with van der Waals surface area (Å²) in [5.41, 5.74) is 8.68. The van der Waals surface area contributed by atoms with Crippen molar-refractivity contribution < 1.29 is 23.5 Å². The molecule has 0 aliphatic heterocycles. The van der Waals surface area contributed by atoms with Gasteiger partial charge in [-0.15, -0.1) is 0 Å². The van der Waals surface area contributed by atoms with Gasteiger partial charge in [0.05, 0.1) is 18.5 Å². The van der Waals surface area contributed by atoms with Crippen LogP contribution in [0.1, 0.15) is 35.6 Å². The quantitative estimate of drug-likeness (QED) is 0.632. The zero-order chi connectivity index (χ0) is 21.3. The summed E-state index contributed by atoms with van der Waals surface area (Å²) in [6, 6.07) is 12.5. The molecule has 3 aromatic rings. The molecule has 6 nitrogen and oxygen atoms in total. The van der Waals surface area contributed by atoms with Gasteiger partial charge in [0.2, 0.25) is 5.91 Å². The van der Waals surface area contributed by atoms with Gasteiger partial charge in [-0.3, -0.25) is 4.79 Å². The Morgan fingerprint density at radius 2 is 1.97 bits per heavy atom. The number of nitrogens with zero attached hydrogens (tertiary/aromatic N) is 1. The van der Waals surface area contributed by atoms with Crippen LogP contribution in [-0.2, 0) is 27.3 Å². The minimum absolute atomic E-state index is 0.308. The highest BCUT2D eigenvalue weighted by Crippen LogP contribution is 2.44. The van der Waals surface area contributed by atoms with Gasteiger partial charge in [0.25, 0.3) is 0 Å². The van der Waals surface area contributed by atoms with E-state index in [0.29, 0.717) is 41.6 Å². The summed E-state index contributed by atoms with van der Waals surface area (Å²) >= 11 is 0. The van der Waals surface area contributed by atoms with E-state index in [-0.39, 0.29) is 6.61 Å². The molecule has 7 heteroatoms. The Hall–Kier alpha value is -3.35. The lowest BCUT2D eigenvalue weighted by atomic mass is 9.84. The molecular formula is C23H23FN2O4. The summed E-state index contributed by atoms with van der Waals surface area (Å²) in [7, 11) is 1.27. The number of carbonyl (C=O) groups excluding carboxylic acids is 2. The highest BCUT2D eigenvalue weighted by Gasteiger charge is 2.33. The summed E-state index contributed by atoms with van der Waals surface area (Å²) in [6.45, 7) is 0.145.